The first-order valence-corrected chi connectivity index (χ1v) is 8.16. The van der Waals surface area contributed by atoms with Gasteiger partial charge in [-0.1, -0.05) is 32.9 Å². The molecule has 118 valence electrons. The Morgan fingerprint density at radius 1 is 1.18 bits per heavy atom. The fraction of sp³-hybridized carbons (Fsp3) is 0.389. The van der Waals surface area contributed by atoms with Gasteiger partial charge in [-0.3, -0.25) is 4.79 Å². The van der Waals surface area contributed by atoms with Gasteiger partial charge in [0.1, 0.15) is 12.4 Å². The summed E-state index contributed by atoms with van der Waals surface area (Å²) in [6.07, 6.45) is 1.79. The number of hydrogen-bond donors (Lipinski definition) is 0. The van der Waals surface area contributed by atoms with Crippen molar-refractivity contribution in [3.8, 4) is 5.75 Å². The molecule has 0 aliphatic heterocycles. The smallest absolute Gasteiger partial charge is 0.253 e. The minimum Gasteiger partial charge on any atom is -0.492 e. The molecule has 0 saturated heterocycles. The Morgan fingerprint density at radius 3 is 2.41 bits per heavy atom. The number of hydrogen-bond acceptors (Lipinski definition) is 2. The minimum atomic E-state index is 0.0230. The molecule has 0 atom stereocenters. The molecule has 3 nitrogen and oxygen atoms in total. The number of aryl methyl sites for hydroxylation is 1. The highest BCUT2D eigenvalue weighted by atomic mass is 79.9. The van der Waals surface area contributed by atoms with Gasteiger partial charge in [0.2, 0.25) is 0 Å². The van der Waals surface area contributed by atoms with Crippen LogP contribution in [0.5, 0.6) is 5.75 Å². The molecule has 0 spiro atoms. The highest BCUT2D eigenvalue weighted by molar-refractivity contribution is 9.10. The quantitative estimate of drug-likeness (QED) is 0.810. The molecule has 1 aromatic heterocycles. The average molecular weight is 364 g/mol. The van der Waals surface area contributed by atoms with Gasteiger partial charge in [-0.05, 0) is 52.0 Å². The van der Waals surface area contributed by atoms with E-state index in [1.54, 1.807) is 10.8 Å². The summed E-state index contributed by atoms with van der Waals surface area (Å²) < 4.78 is 8.31. The lowest BCUT2D eigenvalue weighted by molar-refractivity contribution is 0.296. The molecule has 4 heteroatoms. The zero-order chi connectivity index (χ0) is 16.3. The predicted octanol–water partition coefficient (Wildman–Crippen LogP) is 4.30. The summed E-state index contributed by atoms with van der Waals surface area (Å²) in [6, 6.07) is 9.96. The van der Waals surface area contributed by atoms with Crippen molar-refractivity contribution in [3.05, 3.63) is 62.5 Å². The number of aromatic nitrogens is 1. The highest BCUT2D eigenvalue weighted by Gasteiger charge is 2.12. The minimum absolute atomic E-state index is 0.0230. The van der Waals surface area contributed by atoms with E-state index in [1.807, 2.05) is 25.1 Å². The van der Waals surface area contributed by atoms with Gasteiger partial charge in [0.25, 0.3) is 5.56 Å². The molecule has 1 aromatic carbocycles. The number of rotatable bonds is 4. The Morgan fingerprint density at radius 2 is 1.82 bits per heavy atom. The maximum Gasteiger partial charge on any atom is 0.253 e. The van der Waals surface area contributed by atoms with Gasteiger partial charge < -0.3 is 9.30 Å². The SMILES string of the molecule is Cc1cc(Br)cn(CCOc2ccc(C(C)(C)C)cc2)c1=O. The second kappa shape index (κ2) is 6.69. The van der Waals surface area contributed by atoms with E-state index < -0.39 is 0 Å². The fourth-order valence-corrected chi connectivity index (χ4v) is 2.81. The maximum atomic E-state index is 12.0. The molecule has 1 heterocycles. The summed E-state index contributed by atoms with van der Waals surface area (Å²) in [5.74, 6) is 0.827. The average Bonchev–Trinajstić information content (AvgIpc) is 2.43. The van der Waals surface area contributed by atoms with Crippen LogP contribution in [0.25, 0.3) is 0 Å². The first-order chi connectivity index (χ1) is 10.3. The van der Waals surface area contributed by atoms with Crippen molar-refractivity contribution in [3.63, 3.8) is 0 Å². The Hall–Kier alpha value is -1.55. The van der Waals surface area contributed by atoms with Gasteiger partial charge in [-0.2, -0.15) is 0 Å². The normalized spacial score (nSPS) is 11.5. The fourth-order valence-electron chi connectivity index (χ4n) is 2.22. The second-order valence-corrected chi connectivity index (χ2v) is 7.38. The Kier molecular flexibility index (Phi) is 5.12. The molecule has 0 unspecified atom stereocenters. The van der Waals surface area contributed by atoms with Gasteiger partial charge in [-0.15, -0.1) is 0 Å². The first kappa shape index (κ1) is 16.8. The third-order valence-corrected chi connectivity index (χ3v) is 3.99. The number of pyridine rings is 1. The maximum absolute atomic E-state index is 12.0. The molecule has 22 heavy (non-hydrogen) atoms. The van der Waals surface area contributed by atoms with Crippen LogP contribution in [0.3, 0.4) is 0 Å². The van der Waals surface area contributed by atoms with E-state index in [0.29, 0.717) is 13.2 Å². The van der Waals surface area contributed by atoms with Gasteiger partial charge in [-0.25, -0.2) is 0 Å². The van der Waals surface area contributed by atoms with Crippen molar-refractivity contribution < 1.29 is 4.74 Å². The number of nitrogens with zero attached hydrogens (tertiary/aromatic N) is 1. The molecule has 0 amide bonds. The van der Waals surface area contributed by atoms with E-state index >= 15 is 0 Å². The van der Waals surface area contributed by atoms with Crippen molar-refractivity contribution in [2.24, 2.45) is 0 Å². The van der Waals surface area contributed by atoms with Crippen molar-refractivity contribution in [2.45, 2.75) is 39.7 Å². The molecule has 2 aromatic rings. The molecule has 0 fully saturated rings. The number of benzene rings is 1. The Bertz CT molecular complexity index is 697. The molecular formula is C18H22BrNO2. The summed E-state index contributed by atoms with van der Waals surface area (Å²) in [6.45, 7) is 9.36. The van der Waals surface area contributed by atoms with Crippen LogP contribution in [0.1, 0.15) is 31.9 Å². The molecule has 0 aliphatic carbocycles. The highest BCUT2D eigenvalue weighted by Crippen LogP contribution is 2.24. The van der Waals surface area contributed by atoms with E-state index in [2.05, 4.69) is 48.8 Å². The lowest BCUT2D eigenvalue weighted by Crippen LogP contribution is -2.24. The van der Waals surface area contributed by atoms with Crippen LogP contribution in [-0.2, 0) is 12.0 Å². The second-order valence-electron chi connectivity index (χ2n) is 6.46. The third-order valence-electron chi connectivity index (χ3n) is 3.55. The summed E-state index contributed by atoms with van der Waals surface area (Å²) in [7, 11) is 0. The van der Waals surface area contributed by atoms with Gasteiger partial charge in [0, 0.05) is 16.2 Å². The first-order valence-electron chi connectivity index (χ1n) is 7.37. The number of ether oxygens (including phenoxy) is 1. The topological polar surface area (TPSA) is 31.2 Å². The molecule has 0 N–H and O–H groups in total. The molecular weight excluding hydrogens is 342 g/mol. The van der Waals surface area contributed by atoms with Gasteiger partial charge in [0.05, 0.1) is 6.54 Å². The van der Waals surface area contributed by atoms with Crippen LogP contribution in [0.15, 0.2) is 45.8 Å². The summed E-state index contributed by atoms with van der Waals surface area (Å²) in [5, 5.41) is 0. The van der Waals surface area contributed by atoms with E-state index in [1.165, 1.54) is 5.56 Å². The van der Waals surface area contributed by atoms with Crippen molar-refractivity contribution >= 4 is 15.9 Å². The van der Waals surface area contributed by atoms with E-state index in [-0.39, 0.29) is 11.0 Å². The molecule has 0 bridgehead atoms. The molecule has 0 aliphatic rings. The number of halogens is 1. The van der Waals surface area contributed by atoms with Gasteiger partial charge in [0.15, 0.2) is 0 Å². The summed E-state index contributed by atoms with van der Waals surface area (Å²) in [5.41, 5.74) is 2.16. The summed E-state index contributed by atoms with van der Waals surface area (Å²) in [4.78, 5) is 12.0. The molecule has 0 saturated carbocycles. The van der Waals surface area contributed by atoms with Crippen LogP contribution in [0, 0.1) is 6.92 Å². The zero-order valence-corrected chi connectivity index (χ0v) is 15.1. The third kappa shape index (κ3) is 4.23. The van der Waals surface area contributed by atoms with Crippen molar-refractivity contribution in [1.29, 1.82) is 0 Å². The van der Waals surface area contributed by atoms with Crippen LogP contribution in [0.4, 0.5) is 0 Å². The Balaban J connectivity index is 1.99. The predicted molar refractivity (Wildman–Crippen MR) is 93.8 cm³/mol. The zero-order valence-electron chi connectivity index (χ0n) is 13.5. The summed E-state index contributed by atoms with van der Waals surface area (Å²) >= 11 is 3.41. The van der Waals surface area contributed by atoms with Crippen LogP contribution in [0.2, 0.25) is 0 Å². The lowest BCUT2D eigenvalue weighted by atomic mass is 9.87. The largest absolute Gasteiger partial charge is 0.492 e. The van der Waals surface area contributed by atoms with Gasteiger partial charge >= 0.3 is 0 Å². The molecule has 0 radical (unpaired) electrons. The van der Waals surface area contributed by atoms with Crippen LogP contribution < -0.4 is 10.3 Å². The van der Waals surface area contributed by atoms with Crippen molar-refractivity contribution in [2.75, 3.05) is 6.61 Å². The van der Waals surface area contributed by atoms with Crippen molar-refractivity contribution in [1.82, 2.24) is 4.57 Å². The van der Waals surface area contributed by atoms with Crippen LogP contribution >= 0.6 is 15.9 Å². The lowest BCUT2D eigenvalue weighted by Gasteiger charge is -2.19. The van der Waals surface area contributed by atoms with E-state index in [0.717, 1.165) is 15.8 Å². The van der Waals surface area contributed by atoms with Crippen LogP contribution in [-0.4, -0.2) is 11.2 Å². The standard InChI is InChI=1S/C18H22BrNO2/c1-13-11-15(19)12-20(17(13)21)9-10-22-16-7-5-14(6-8-16)18(2,3)4/h5-8,11-12H,9-10H2,1-4H3. The van der Waals surface area contributed by atoms with E-state index in [9.17, 15) is 4.79 Å². The Labute approximate surface area is 140 Å². The van der Waals surface area contributed by atoms with E-state index in [4.69, 9.17) is 4.74 Å². The molecule has 2 rings (SSSR count). The monoisotopic (exact) mass is 363 g/mol.